The molecule has 0 unspecified atom stereocenters. The number of aromatic nitrogens is 3. The van der Waals surface area contributed by atoms with Gasteiger partial charge in [-0.3, -0.25) is 0 Å². The van der Waals surface area contributed by atoms with Crippen LogP contribution in [0.4, 0.5) is 10.2 Å². The molecule has 3 heterocycles. The van der Waals surface area contributed by atoms with Crippen LogP contribution in [0.2, 0.25) is 0 Å². The maximum atomic E-state index is 13.7. The van der Waals surface area contributed by atoms with Crippen molar-refractivity contribution >= 4 is 32.7 Å². The summed E-state index contributed by atoms with van der Waals surface area (Å²) in [7, 11) is 0. The van der Waals surface area contributed by atoms with Crippen LogP contribution in [0.3, 0.4) is 0 Å². The molecule has 4 nitrogen and oxygen atoms in total. The van der Waals surface area contributed by atoms with E-state index in [-0.39, 0.29) is 0 Å². The van der Waals surface area contributed by atoms with Gasteiger partial charge in [0.2, 0.25) is 0 Å². The Labute approximate surface area is 240 Å². The average molecular weight is 590 g/mol. The second kappa shape index (κ2) is 10.0. The molecule has 0 aliphatic carbocycles. The number of fused-ring (bicyclic) bond motifs is 1. The van der Waals surface area contributed by atoms with Gasteiger partial charge in [0.25, 0.3) is 0 Å². The highest BCUT2D eigenvalue weighted by molar-refractivity contribution is 9.10. The standard InChI is InChI=1S/C34H26BrFN4/c35-28-16-17-31-30(21-28)33(24-18-19-37-32(20-24)39-22-29(36)23-39)38-40(31)34(25-10-4-1-5-11-25,26-12-6-2-7-13-26)27-14-8-3-9-15-27/h1-21,29H,22-23H2. The number of alkyl halides is 1. The van der Waals surface area contributed by atoms with Crippen molar-refractivity contribution in [1.29, 1.82) is 0 Å². The zero-order chi connectivity index (χ0) is 27.1. The number of halogens is 2. The quantitative estimate of drug-likeness (QED) is 0.186. The minimum atomic E-state index is -0.801. The van der Waals surface area contributed by atoms with Crippen molar-refractivity contribution in [1.82, 2.24) is 14.8 Å². The lowest BCUT2D eigenvalue weighted by molar-refractivity contribution is 0.273. The van der Waals surface area contributed by atoms with Gasteiger partial charge in [0, 0.05) is 21.6 Å². The molecular weight excluding hydrogens is 563 g/mol. The SMILES string of the molecule is FC1CN(c2cc(-c3nn(C(c4ccccc4)(c4ccccc4)c4ccccc4)c4ccc(Br)cc34)ccn2)C1. The van der Waals surface area contributed by atoms with Gasteiger partial charge in [-0.25, -0.2) is 14.1 Å². The Kier molecular flexibility index (Phi) is 6.20. The third kappa shape index (κ3) is 4.02. The van der Waals surface area contributed by atoms with Crippen molar-refractivity contribution in [2.24, 2.45) is 0 Å². The first-order chi connectivity index (χ1) is 19.6. The largest absolute Gasteiger partial charge is 0.351 e. The zero-order valence-electron chi connectivity index (χ0n) is 21.7. The van der Waals surface area contributed by atoms with E-state index >= 15 is 0 Å². The summed E-state index contributed by atoms with van der Waals surface area (Å²) in [6, 6.07) is 42.0. The summed E-state index contributed by atoms with van der Waals surface area (Å²) < 4.78 is 16.8. The number of hydrogen-bond acceptors (Lipinski definition) is 3. The van der Waals surface area contributed by atoms with Crippen molar-refractivity contribution in [2.45, 2.75) is 11.7 Å². The summed E-state index contributed by atoms with van der Waals surface area (Å²) in [6.45, 7) is 0.743. The fourth-order valence-electron chi connectivity index (χ4n) is 5.81. The van der Waals surface area contributed by atoms with Crippen molar-refractivity contribution in [3.05, 3.63) is 149 Å². The number of hydrogen-bond donors (Lipinski definition) is 0. The molecule has 0 saturated carbocycles. The van der Waals surface area contributed by atoms with Crippen LogP contribution in [-0.4, -0.2) is 34.0 Å². The van der Waals surface area contributed by atoms with Gasteiger partial charge < -0.3 is 4.90 Å². The van der Waals surface area contributed by atoms with Gasteiger partial charge in [0.15, 0.2) is 0 Å². The number of anilines is 1. The van der Waals surface area contributed by atoms with Crippen LogP contribution in [0.25, 0.3) is 22.2 Å². The molecule has 1 saturated heterocycles. The highest BCUT2D eigenvalue weighted by Gasteiger charge is 2.41. The van der Waals surface area contributed by atoms with Crippen molar-refractivity contribution in [3.8, 4) is 11.3 Å². The monoisotopic (exact) mass is 588 g/mol. The molecule has 1 aliphatic heterocycles. The third-order valence-electron chi connectivity index (χ3n) is 7.71. The van der Waals surface area contributed by atoms with E-state index in [9.17, 15) is 4.39 Å². The summed E-state index contributed by atoms with van der Waals surface area (Å²) in [5, 5.41) is 6.46. The van der Waals surface area contributed by atoms with E-state index in [1.54, 1.807) is 6.20 Å². The zero-order valence-corrected chi connectivity index (χ0v) is 23.2. The molecule has 7 rings (SSSR count). The lowest BCUT2D eigenvalue weighted by Crippen LogP contribution is -2.48. The van der Waals surface area contributed by atoms with Gasteiger partial charge >= 0.3 is 0 Å². The second-order valence-corrected chi connectivity index (χ2v) is 11.1. The van der Waals surface area contributed by atoms with E-state index in [0.717, 1.165) is 49.1 Å². The molecule has 6 heteroatoms. The predicted octanol–water partition coefficient (Wildman–Crippen LogP) is 7.86. The Bertz CT molecular complexity index is 1680. The first-order valence-corrected chi connectivity index (χ1v) is 14.1. The van der Waals surface area contributed by atoms with E-state index in [1.807, 2.05) is 35.2 Å². The Morgan fingerprint density at radius 3 is 1.85 bits per heavy atom. The summed E-state index contributed by atoms with van der Waals surface area (Å²) >= 11 is 3.70. The molecule has 4 aromatic carbocycles. The van der Waals surface area contributed by atoms with Crippen molar-refractivity contribution < 1.29 is 4.39 Å². The van der Waals surface area contributed by atoms with Gasteiger partial charge in [-0.2, -0.15) is 5.10 Å². The third-order valence-corrected chi connectivity index (χ3v) is 8.21. The Morgan fingerprint density at radius 1 is 0.725 bits per heavy atom. The molecule has 0 N–H and O–H groups in total. The van der Waals surface area contributed by atoms with Crippen LogP contribution in [0.15, 0.2) is 132 Å². The maximum Gasteiger partial charge on any atom is 0.138 e. The second-order valence-electron chi connectivity index (χ2n) is 10.1. The summed E-state index contributed by atoms with van der Waals surface area (Å²) in [4.78, 5) is 6.50. The smallest absolute Gasteiger partial charge is 0.138 e. The first-order valence-electron chi connectivity index (χ1n) is 13.4. The van der Waals surface area contributed by atoms with E-state index in [2.05, 4.69) is 117 Å². The van der Waals surface area contributed by atoms with Crippen LogP contribution < -0.4 is 4.90 Å². The lowest BCUT2D eigenvalue weighted by atomic mass is 9.77. The number of pyridine rings is 1. The topological polar surface area (TPSA) is 34.0 Å². The molecular formula is C34H26BrFN4. The van der Waals surface area contributed by atoms with Crippen LogP contribution >= 0.6 is 15.9 Å². The van der Waals surface area contributed by atoms with E-state index in [0.29, 0.717) is 13.1 Å². The molecule has 0 atom stereocenters. The summed E-state index contributed by atoms with van der Waals surface area (Å²) in [6.07, 6.45) is 0.988. The Morgan fingerprint density at radius 2 is 1.30 bits per heavy atom. The molecule has 0 amide bonds. The highest BCUT2D eigenvalue weighted by atomic mass is 79.9. The van der Waals surface area contributed by atoms with Gasteiger partial charge in [0.1, 0.15) is 23.2 Å². The van der Waals surface area contributed by atoms with E-state index in [4.69, 9.17) is 5.10 Å². The minimum Gasteiger partial charge on any atom is -0.351 e. The van der Waals surface area contributed by atoms with Gasteiger partial charge in [-0.05, 0) is 47.0 Å². The molecule has 0 spiro atoms. The van der Waals surface area contributed by atoms with Crippen LogP contribution in [-0.2, 0) is 5.54 Å². The van der Waals surface area contributed by atoms with E-state index in [1.165, 1.54) is 0 Å². The van der Waals surface area contributed by atoms with Crippen LogP contribution in [0, 0.1) is 0 Å². The molecule has 6 aromatic rings. The molecule has 196 valence electrons. The average Bonchev–Trinajstić information content (AvgIpc) is 3.36. The fourth-order valence-corrected chi connectivity index (χ4v) is 6.18. The molecule has 40 heavy (non-hydrogen) atoms. The molecule has 0 bridgehead atoms. The number of rotatable bonds is 6. The molecule has 0 radical (unpaired) electrons. The lowest BCUT2D eigenvalue weighted by Gasteiger charge is -2.37. The maximum absolute atomic E-state index is 13.7. The van der Waals surface area contributed by atoms with Gasteiger partial charge in [0.05, 0.1) is 18.6 Å². The Hall–Kier alpha value is -4.29. The Balaban J connectivity index is 1.56. The molecule has 1 fully saturated rings. The first kappa shape index (κ1) is 24.7. The van der Waals surface area contributed by atoms with Crippen molar-refractivity contribution in [2.75, 3.05) is 18.0 Å². The van der Waals surface area contributed by atoms with Gasteiger partial charge in [-0.15, -0.1) is 0 Å². The summed E-state index contributed by atoms with van der Waals surface area (Å²) in [5.74, 6) is 0.768. The highest BCUT2D eigenvalue weighted by Crippen LogP contribution is 2.44. The predicted molar refractivity (Wildman–Crippen MR) is 162 cm³/mol. The summed E-state index contributed by atoms with van der Waals surface area (Å²) in [5.41, 5.74) is 5.37. The minimum absolute atomic E-state index is 0.371. The van der Waals surface area contributed by atoms with Crippen LogP contribution in [0.1, 0.15) is 16.7 Å². The van der Waals surface area contributed by atoms with E-state index < -0.39 is 11.7 Å². The number of nitrogens with zero attached hydrogens (tertiary/aromatic N) is 4. The number of benzene rings is 4. The van der Waals surface area contributed by atoms with Crippen molar-refractivity contribution in [3.63, 3.8) is 0 Å². The molecule has 2 aromatic heterocycles. The molecule has 1 aliphatic rings. The normalized spacial score (nSPS) is 13.9. The fraction of sp³-hybridized carbons (Fsp3) is 0.118. The van der Waals surface area contributed by atoms with Gasteiger partial charge in [-0.1, -0.05) is 107 Å². The van der Waals surface area contributed by atoms with Crippen LogP contribution in [0.5, 0.6) is 0 Å².